The maximum Gasteiger partial charge on any atom is 0.219 e. The van der Waals surface area contributed by atoms with Gasteiger partial charge >= 0.3 is 0 Å². The number of nitrogens with zero attached hydrogens (tertiary/aromatic N) is 4. The van der Waals surface area contributed by atoms with Gasteiger partial charge in [-0.05, 0) is 26.3 Å². The summed E-state index contributed by atoms with van der Waals surface area (Å²) in [6.45, 7) is 10.9. The van der Waals surface area contributed by atoms with Crippen molar-refractivity contribution in [2.24, 2.45) is 0 Å². The molecule has 0 aliphatic carbocycles. The summed E-state index contributed by atoms with van der Waals surface area (Å²) in [6, 6.07) is 0. The number of carbonyl (C=O) groups is 1. The lowest BCUT2D eigenvalue weighted by Gasteiger charge is -2.50. The Hall–Kier alpha value is -1.36. The van der Waals surface area contributed by atoms with Crippen LogP contribution in [0.25, 0.3) is 0 Å². The van der Waals surface area contributed by atoms with Crippen LogP contribution < -0.4 is 0 Å². The number of fused-ring (bicyclic) bond motifs is 2. The highest BCUT2D eigenvalue weighted by Crippen LogP contribution is 2.40. The average Bonchev–Trinajstić information content (AvgIpc) is 2.83. The van der Waals surface area contributed by atoms with Crippen LogP contribution in [-0.2, 0) is 16.9 Å². The Balaban J connectivity index is 1.95. The zero-order chi connectivity index (χ0) is 14.3. The van der Waals surface area contributed by atoms with E-state index in [4.69, 9.17) is 4.98 Å². The molecule has 1 aromatic heterocycles. The van der Waals surface area contributed by atoms with Gasteiger partial charge in [0.05, 0.1) is 5.54 Å². The monoisotopic (exact) mass is 276 g/mol. The standard InChI is InChI=1S/C15H24N4O/c1-4-18-9-10-19-12(2)11-16-14(19)15(18)5-7-17(8-6-15)13(3)20/h11H,4-10H2,1-3H3. The third-order valence-electron chi connectivity index (χ3n) is 5.09. The minimum absolute atomic E-state index is 0.0349. The second-order valence-corrected chi connectivity index (χ2v) is 5.99. The average molecular weight is 276 g/mol. The van der Waals surface area contributed by atoms with E-state index < -0.39 is 0 Å². The number of piperidine rings is 1. The first-order valence-corrected chi connectivity index (χ1v) is 7.61. The molecule has 1 fully saturated rings. The summed E-state index contributed by atoms with van der Waals surface area (Å²) in [5, 5.41) is 0. The van der Waals surface area contributed by atoms with Crippen LogP contribution in [0.15, 0.2) is 6.20 Å². The lowest BCUT2D eigenvalue weighted by molar-refractivity contribution is -0.132. The van der Waals surface area contributed by atoms with E-state index in [2.05, 4.69) is 23.3 Å². The molecule has 0 atom stereocenters. The normalized spacial score (nSPS) is 22.1. The van der Waals surface area contributed by atoms with Gasteiger partial charge in [0.15, 0.2) is 0 Å². The quantitative estimate of drug-likeness (QED) is 0.778. The summed E-state index contributed by atoms with van der Waals surface area (Å²) < 4.78 is 2.37. The van der Waals surface area contributed by atoms with E-state index in [1.54, 1.807) is 6.92 Å². The Morgan fingerprint density at radius 2 is 2.00 bits per heavy atom. The largest absolute Gasteiger partial charge is 0.343 e. The van der Waals surface area contributed by atoms with Crippen molar-refractivity contribution in [3.05, 3.63) is 17.7 Å². The van der Waals surface area contributed by atoms with Gasteiger partial charge in [0.1, 0.15) is 5.82 Å². The number of aromatic nitrogens is 2. The summed E-state index contributed by atoms with van der Waals surface area (Å²) in [6.07, 6.45) is 3.99. The lowest BCUT2D eigenvalue weighted by Crippen LogP contribution is -2.58. The Labute approximate surface area is 120 Å². The Morgan fingerprint density at radius 3 is 2.60 bits per heavy atom. The van der Waals surface area contributed by atoms with Gasteiger partial charge in [0.25, 0.3) is 0 Å². The first-order valence-electron chi connectivity index (χ1n) is 7.61. The molecule has 1 spiro atoms. The molecule has 110 valence electrons. The molecular weight excluding hydrogens is 252 g/mol. The van der Waals surface area contributed by atoms with Crippen molar-refractivity contribution in [3.8, 4) is 0 Å². The fourth-order valence-corrected chi connectivity index (χ4v) is 3.88. The lowest BCUT2D eigenvalue weighted by atomic mass is 9.83. The fourth-order valence-electron chi connectivity index (χ4n) is 3.88. The van der Waals surface area contributed by atoms with Gasteiger partial charge in [0.2, 0.25) is 5.91 Å². The van der Waals surface area contributed by atoms with Crippen molar-refractivity contribution in [1.82, 2.24) is 19.4 Å². The van der Waals surface area contributed by atoms with E-state index in [0.29, 0.717) is 0 Å². The number of imidazole rings is 1. The van der Waals surface area contributed by atoms with Gasteiger partial charge in [-0.1, -0.05) is 6.92 Å². The summed E-state index contributed by atoms with van der Waals surface area (Å²) >= 11 is 0. The van der Waals surface area contributed by atoms with Crippen LogP contribution in [-0.4, -0.2) is 51.4 Å². The number of hydrogen-bond donors (Lipinski definition) is 0. The minimum atomic E-state index is 0.0349. The smallest absolute Gasteiger partial charge is 0.219 e. The van der Waals surface area contributed by atoms with Gasteiger partial charge in [-0.3, -0.25) is 9.69 Å². The molecule has 1 aromatic rings. The van der Waals surface area contributed by atoms with Crippen LogP contribution in [0, 0.1) is 6.92 Å². The van der Waals surface area contributed by atoms with Gasteiger partial charge in [-0.2, -0.15) is 0 Å². The summed E-state index contributed by atoms with van der Waals surface area (Å²) in [5.74, 6) is 1.41. The number of carbonyl (C=O) groups excluding carboxylic acids is 1. The highest BCUT2D eigenvalue weighted by Gasteiger charge is 2.46. The van der Waals surface area contributed by atoms with Crippen molar-refractivity contribution in [2.75, 3.05) is 26.2 Å². The molecular formula is C15H24N4O. The highest BCUT2D eigenvalue weighted by atomic mass is 16.2. The molecule has 1 saturated heterocycles. The molecule has 0 bridgehead atoms. The van der Waals surface area contributed by atoms with E-state index >= 15 is 0 Å². The van der Waals surface area contributed by atoms with Crippen molar-refractivity contribution in [2.45, 2.75) is 45.7 Å². The van der Waals surface area contributed by atoms with Crippen molar-refractivity contribution in [3.63, 3.8) is 0 Å². The maximum atomic E-state index is 11.6. The molecule has 0 unspecified atom stereocenters. The fraction of sp³-hybridized carbons (Fsp3) is 0.733. The number of likely N-dealkylation sites (N-methyl/N-ethyl adjacent to an activating group) is 1. The molecule has 0 N–H and O–H groups in total. The van der Waals surface area contributed by atoms with Gasteiger partial charge in [-0.15, -0.1) is 0 Å². The van der Waals surface area contributed by atoms with Crippen LogP contribution in [0.1, 0.15) is 38.2 Å². The molecule has 5 nitrogen and oxygen atoms in total. The van der Waals surface area contributed by atoms with E-state index in [-0.39, 0.29) is 11.4 Å². The van der Waals surface area contributed by atoms with E-state index in [9.17, 15) is 4.79 Å². The van der Waals surface area contributed by atoms with Crippen molar-refractivity contribution < 1.29 is 4.79 Å². The predicted octanol–water partition coefficient (Wildman–Crippen LogP) is 1.36. The molecule has 5 heteroatoms. The van der Waals surface area contributed by atoms with E-state index in [1.165, 1.54) is 11.5 Å². The van der Waals surface area contributed by atoms with Gasteiger partial charge in [-0.25, -0.2) is 4.98 Å². The Bertz CT molecular complexity index is 514. The molecule has 20 heavy (non-hydrogen) atoms. The van der Waals surface area contributed by atoms with Crippen LogP contribution >= 0.6 is 0 Å². The van der Waals surface area contributed by atoms with E-state index in [1.807, 2.05) is 11.1 Å². The number of hydrogen-bond acceptors (Lipinski definition) is 3. The van der Waals surface area contributed by atoms with Crippen LogP contribution in [0.5, 0.6) is 0 Å². The molecule has 0 aromatic carbocycles. The summed E-state index contributed by atoms with van der Waals surface area (Å²) in [4.78, 5) is 20.8. The number of amides is 1. The molecule has 0 saturated carbocycles. The molecule has 0 radical (unpaired) electrons. The van der Waals surface area contributed by atoms with Crippen LogP contribution in [0.3, 0.4) is 0 Å². The molecule has 3 rings (SSSR count). The second kappa shape index (κ2) is 4.88. The Morgan fingerprint density at radius 1 is 1.30 bits per heavy atom. The maximum absolute atomic E-state index is 11.6. The van der Waals surface area contributed by atoms with Gasteiger partial charge in [0, 0.05) is 45.0 Å². The first kappa shape index (κ1) is 13.6. The topological polar surface area (TPSA) is 41.4 Å². The predicted molar refractivity (Wildman–Crippen MR) is 77.4 cm³/mol. The Kier molecular flexibility index (Phi) is 3.32. The number of likely N-dealkylation sites (tertiary alicyclic amines) is 1. The minimum Gasteiger partial charge on any atom is -0.343 e. The van der Waals surface area contributed by atoms with Crippen molar-refractivity contribution in [1.29, 1.82) is 0 Å². The first-order chi connectivity index (χ1) is 9.58. The molecule has 2 aliphatic rings. The second-order valence-electron chi connectivity index (χ2n) is 5.99. The third kappa shape index (κ3) is 1.87. The summed E-state index contributed by atoms with van der Waals surface area (Å²) in [7, 11) is 0. The zero-order valence-corrected chi connectivity index (χ0v) is 12.7. The molecule has 1 amide bonds. The molecule has 3 heterocycles. The highest BCUT2D eigenvalue weighted by molar-refractivity contribution is 5.73. The number of aryl methyl sites for hydroxylation is 1. The van der Waals surface area contributed by atoms with Crippen LogP contribution in [0.2, 0.25) is 0 Å². The third-order valence-corrected chi connectivity index (χ3v) is 5.09. The van der Waals surface area contributed by atoms with E-state index in [0.717, 1.165) is 45.6 Å². The molecule has 2 aliphatic heterocycles. The van der Waals surface area contributed by atoms with Crippen molar-refractivity contribution >= 4 is 5.91 Å². The number of rotatable bonds is 1. The SMILES string of the molecule is CCN1CCn2c(C)cnc2C12CCN(C(C)=O)CC2. The summed E-state index contributed by atoms with van der Waals surface area (Å²) in [5.41, 5.74) is 1.29. The van der Waals surface area contributed by atoms with Crippen LogP contribution in [0.4, 0.5) is 0 Å². The zero-order valence-electron chi connectivity index (χ0n) is 12.7. The van der Waals surface area contributed by atoms with Gasteiger partial charge < -0.3 is 9.47 Å².